The summed E-state index contributed by atoms with van der Waals surface area (Å²) in [7, 11) is 0. The van der Waals surface area contributed by atoms with Crippen LogP contribution in [0.25, 0.3) is 0 Å². The zero-order valence-electron chi connectivity index (χ0n) is 14.1. The van der Waals surface area contributed by atoms with Crippen molar-refractivity contribution in [2.24, 2.45) is 0 Å². The lowest BCUT2D eigenvalue weighted by atomic mass is 9.58. The molecule has 0 spiro atoms. The number of alkyl halides is 16. The van der Waals surface area contributed by atoms with E-state index in [0.29, 0.717) is 0 Å². The van der Waals surface area contributed by atoms with Crippen molar-refractivity contribution in [3.05, 3.63) is 0 Å². The van der Waals surface area contributed by atoms with Crippen molar-refractivity contribution in [2.75, 3.05) is 0 Å². The normalized spacial score (nSPS) is 35.3. The lowest BCUT2D eigenvalue weighted by molar-refractivity contribution is -0.512. The third kappa shape index (κ3) is 2.26. The maximum absolute atomic E-state index is 14.8. The van der Waals surface area contributed by atoms with Gasteiger partial charge in [0.1, 0.15) is 0 Å². The molecule has 0 heterocycles. The highest BCUT2D eigenvalue weighted by molar-refractivity contribution is 5.37. The van der Waals surface area contributed by atoms with E-state index in [1.807, 2.05) is 0 Å². The number of hydrogen-bond acceptors (Lipinski definition) is 0. The molecule has 3 atom stereocenters. The molecule has 16 heteroatoms. The molecule has 174 valence electrons. The van der Waals surface area contributed by atoms with Gasteiger partial charge in [-0.15, -0.1) is 0 Å². The van der Waals surface area contributed by atoms with Crippen molar-refractivity contribution in [3.8, 4) is 0 Å². The van der Waals surface area contributed by atoms with E-state index in [1.54, 1.807) is 0 Å². The molecule has 29 heavy (non-hydrogen) atoms. The Balaban J connectivity index is 4.41. The molecule has 1 aliphatic carbocycles. The van der Waals surface area contributed by atoms with Gasteiger partial charge in [0.2, 0.25) is 0 Å². The first kappa shape index (κ1) is 25.9. The van der Waals surface area contributed by atoms with Crippen LogP contribution < -0.4 is 0 Å². The molecule has 3 unspecified atom stereocenters. The van der Waals surface area contributed by atoms with E-state index in [2.05, 4.69) is 0 Å². The van der Waals surface area contributed by atoms with Crippen LogP contribution in [0.15, 0.2) is 0 Å². The average Bonchev–Trinajstić information content (AvgIpc) is 2.49. The lowest BCUT2D eigenvalue weighted by Gasteiger charge is -2.59. The Kier molecular flexibility index (Phi) is 5.15. The molecule has 0 aromatic heterocycles. The zero-order valence-corrected chi connectivity index (χ0v) is 14.1. The molecule has 0 saturated heterocycles. The lowest BCUT2D eigenvalue weighted by Crippen LogP contribution is -2.93. The molecule has 1 rings (SSSR count). The van der Waals surface area contributed by atoms with Gasteiger partial charge in [-0.1, -0.05) is 0 Å². The molecular weight excluding hydrogens is 460 g/mol. The first-order valence-electron chi connectivity index (χ1n) is 7.17. The third-order valence-corrected chi connectivity index (χ3v) is 4.66. The first-order chi connectivity index (χ1) is 12.2. The van der Waals surface area contributed by atoms with Crippen LogP contribution in [-0.2, 0) is 0 Å². The Labute approximate surface area is 151 Å². The van der Waals surface area contributed by atoms with E-state index >= 15 is 0 Å². The van der Waals surface area contributed by atoms with Crippen LogP contribution in [0.5, 0.6) is 0 Å². The molecule has 0 amide bonds. The fourth-order valence-corrected chi connectivity index (χ4v) is 2.80. The Bertz CT molecular complexity index is 658. The van der Waals surface area contributed by atoms with Crippen LogP contribution in [0, 0.1) is 0 Å². The van der Waals surface area contributed by atoms with Gasteiger partial charge in [-0.2, -0.15) is 52.7 Å². The molecule has 0 nitrogen and oxygen atoms in total. The van der Waals surface area contributed by atoms with Crippen LogP contribution in [0.3, 0.4) is 0 Å². The van der Waals surface area contributed by atoms with Crippen molar-refractivity contribution >= 4 is 0 Å². The van der Waals surface area contributed by atoms with Crippen LogP contribution in [0.4, 0.5) is 70.2 Å². The highest BCUT2D eigenvalue weighted by Gasteiger charge is 3.08. The number of rotatable bonds is 4. The van der Waals surface area contributed by atoms with Crippen molar-refractivity contribution in [1.29, 1.82) is 0 Å². The van der Waals surface area contributed by atoms with Gasteiger partial charge >= 0.3 is 35.5 Å². The fourth-order valence-electron chi connectivity index (χ4n) is 2.80. The molecule has 0 aromatic rings. The minimum absolute atomic E-state index is 0.703. The molecule has 0 aliphatic heterocycles. The van der Waals surface area contributed by atoms with Crippen LogP contribution in [0.1, 0.15) is 20.8 Å². The molecule has 1 aliphatic rings. The second kappa shape index (κ2) is 5.77. The molecule has 0 bridgehead atoms. The van der Waals surface area contributed by atoms with Gasteiger partial charge < -0.3 is 0 Å². The van der Waals surface area contributed by atoms with E-state index in [-0.39, 0.29) is 0 Å². The summed E-state index contributed by atoms with van der Waals surface area (Å²) in [4.78, 5) is 0. The largest absolute Gasteiger partial charge is 0.382 e. The van der Waals surface area contributed by atoms with Crippen LogP contribution >= 0.6 is 0 Å². The van der Waals surface area contributed by atoms with Gasteiger partial charge in [-0.3, -0.25) is 0 Å². The number of halogens is 16. The summed E-state index contributed by atoms with van der Waals surface area (Å²) in [5.41, 5.74) is -21.2. The highest BCUT2D eigenvalue weighted by atomic mass is 19.4. The quantitative estimate of drug-likeness (QED) is 0.421. The van der Waals surface area contributed by atoms with Crippen LogP contribution in [-0.4, -0.2) is 58.7 Å². The standard InChI is InChI=1S/C13H10F16/c1-4(14)6(16,17)7(18)8(19,9(20,21)5(2,3)15)11(24,25)13(28,29)12(26,27)10(7,22)23/h4H,1-3H3. The summed E-state index contributed by atoms with van der Waals surface area (Å²) >= 11 is 0. The zero-order chi connectivity index (χ0) is 24.1. The Morgan fingerprint density at radius 1 is 0.552 bits per heavy atom. The number of hydrogen-bond donors (Lipinski definition) is 0. The highest BCUT2D eigenvalue weighted by Crippen LogP contribution is 2.76. The third-order valence-electron chi connectivity index (χ3n) is 4.66. The molecule has 0 radical (unpaired) electrons. The van der Waals surface area contributed by atoms with E-state index in [1.165, 1.54) is 0 Å². The summed E-state index contributed by atoms with van der Waals surface area (Å²) < 4.78 is 221. The molecular formula is C13H10F16. The molecule has 1 fully saturated rings. The smallest absolute Gasteiger partial charge is 0.241 e. The van der Waals surface area contributed by atoms with Crippen LogP contribution in [0.2, 0.25) is 0 Å². The second-order valence-electron chi connectivity index (χ2n) is 6.90. The second-order valence-corrected chi connectivity index (χ2v) is 6.90. The maximum atomic E-state index is 14.8. The average molecular weight is 470 g/mol. The van der Waals surface area contributed by atoms with Crippen molar-refractivity contribution in [2.45, 2.75) is 79.5 Å². The maximum Gasteiger partial charge on any atom is 0.382 e. The SMILES string of the molecule is CC(F)C(F)(F)C1(F)C(F)(F)C(F)(F)C(F)(F)C(F)(F)C1(F)C(F)(F)C(C)(C)F. The fraction of sp³-hybridized carbons (Fsp3) is 1.00. The first-order valence-corrected chi connectivity index (χ1v) is 7.17. The summed E-state index contributed by atoms with van der Waals surface area (Å²) in [5.74, 6) is -46.6. The van der Waals surface area contributed by atoms with Gasteiger partial charge in [0.25, 0.3) is 11.3 Å². The summed E-state index contributed by atoms with van der Waals surface area (Å²) in [6.07, 6.45) is -4.69. The topological polar surface area (TPSA) is 0 Å². The summed E-state index contributed by atoms with van der Waals surface area (Å²) in [6, 6.07) is 0. The molecule has 1 saturated carbocycles. The summed E-state index contributed by atoms with van der Waals surface area (Å²) in [6.45, 7) is -2.13. The minimum atomic E-state index is -8.11. The Hall–Kier alpha value is -1.12. The Morgan fingerprint density at radius 3 is 1.07 bits per heavy atom. The summed E-state index contributed by atoms with van der Waals surface area (Å²) in [5, 5.41) is 0. The van der Waals surface area contributed by atoms with Crippen molar-refractivity contribution < 1.29 is 70.2 Å². The van der Waals surface area contributed by atoms with Gasteiger partial charge in [0.15, 0.2) is 11.8 Å². The van der Waals surface area contributed by atoms with E-state index in [9.17, 15) is 70.2 Å². The van der Waals surface area contributed by atoms with Gasteiger partial charge in [-0.25, -0.2) is 17.6 Å². The Morgan fingerprint density at radius 2 is 0.828 bits per heavy atom. The predicted molar refractivity (Wildman–Crippen MR) is 63.1 cm³/mol. The minimum Gasteiger partial charge on any atom is -0.241 e. The van der Waals surface area contributed by atoms with Gasteiger partial charge in [0, 0.05) is 0 Å². The monoisotopic (exact) mass is 470 g/mol. The van der Waals surface area contributed by atoms with E-state index < -0.39 is 79.5 Å². The van der Waals surface area contributed by atoms with E-state index in [4.69, 9.17) is 0 Å². The molecule has 0 N–H and O–H groups in total. The van der Waals surface area contributed by atoms with E-state index in [0.717, 1.165) is 0 Å². The van der Waals surface area contributed by atoms with Gasteiger partial charge in [-0.05, 0) is 20.8 Å². The van der Waals surface area contributed by atoms with Crippen molar-refractivity contribution in [1.82, 2.24) is 0 Å². The van der Waals surface area contributed by atoms with Gasteiger partial charge in [0.05, 0.1) is 0 Å². The molecule has 0 aromatic carbocycles. The predicted octanol–water partition coefficient (Wildman–Crippen LogP) is 6.33. The van der Waals surface area contributed by atoms with Crippen molar-refractivity contribution in [3.63, 3.8) is 0 Å².